The van der Waals surface area contributed by atoms with Gasteiger partial charge in [-0.3, -0.25) is 9.48 Å². The van der Waals surface area contributed by atoms with E-state index in [-0.39, 0.29) is 24.3 Å². The third-order valence-electron chi connectivity index (χ3n) is 2.81. The maximum Gasteiger partial charge on any atom is 0.287 e. The maximum absolute atomic E-state index is 11.9. The predicted octanol–water partition coefficient (Wildman–Crippen LogP) is 1.03. The van der Waals surface area contributed by atoms with Crippen LogP contribution < -0.4 is 5.32 Å². The molecule has 0 unspecified atom stereocenters. The van der Waals surface area contributed by atoms with E-state index in [1.807, 2.05) is 19.2 Å². The van der Waals surface area contributed by atoms with Gasteiger partial charge < -0.3 is 14.8 Å². The second kappa shape index (κ2) is 6.19. The average molecular weight is 263 g/mol. The molecule has 2 aromatic rings. The van der Waals surface area contributed by atoms with Crippen LogP contribution in [-0.4, -0.2) is 33.4 Å². The number of aliphatic hydroxyl groups excluding tert-OH is 1. The third kappa shape index (κ3) is 3.45. The Morgan fingerprint density at radius 3 is 3.05 bits per heavy atom. The van der Waals surface area contributed by atoms with Crippen LogP contribution in [0.3, 0.4) is 0 Å². The largest absolute Gasteiger partial charge is 0.454 e. The van der Waals surface area contributed by atoms with Crippen molar-refractivity contribution in [1.29, 1.82) is 0 Å². The van der Waals surface area contributed by atoms with Crippen molar-refractivity contribution in [2.24, 2.45) is 0 Å². The van der Waals surface area contributed by atoms with Gasteiger partial charge in [0.1, 0.15) is 5.76 Å². The first-order valence-corrected chi connectivity index (χ1v) is 6.20. The fourth-order valence-corrected chi connectivity index (χ4v) is 1.67. The third-order valence-corrected chi connectivity index (χ3v) is 2.81. The molecule has 0 radical (unpaired) electrons. The molecule has 0 aliphatic carbocycles. The summed E-state index contributed by atoms with van der Waals surface area (Å²) in [4.78, 5) is 11.9. The number of aromatic nitrogens is 2. The zero-order valence-corrected chi connectivity index (χ0v) is 10.7. The smallest absolute Gasteiger partial charge is 0.287 e. The zero-order chi connectivity index (χ0) is 13.7. The Balaban J connectivity index is 1.98. The van der Waals surface area contributed by atoms with E-state index in [1.54, 1.807) is 23.0 Å². The highest BCUT2D eigenvalue weighted by molar-refractivity contribution is 5.91. The lowest BCUT2D eigenvalue weighted by molar-refractivity contribution is 0.0885. The van der Waals surface area contributed by atoms with E-state index in [2.05, 4.69) is 10.4 Å². The van der Waals surface area contributed by atoms with E-state index >= 15 is 0 Å². The van der Waals surface area contributed by atoms with Gasteiger partial charge in [0.15, 0.2) is 5.76 Å². The number of rotatable bonds is 6. The van der Waals surface area contributed by atoms with Crippen LogP contribution in [0.1, 0.15) is 29.7 Å². The Bertz CT molecular complexity index is 515. The van der Waals surface area contributed by atoms with Crippen molar-refractivity contribution in [1.82, 2.24) is 15.1 Å². The average Bonchev–Trinajstić information content (AvgIpc) is 3.07. The number of hydrogen-bond donors (Lipinski definition) is 2. The second-order valence-electron chi connectivity index (χ2n) is 4.23. The van der Waals surface area contributed by atoms with Gasteiger partial charge in [0.2, 0.25) is 0 Å². The van der Waals surface area contributed by atoms with Gasteiger partial charge in [-0.15, -0.1) is 0 Å². The number of aliphatic hydroxyl groups is 1. The van der Waals surface area contributed by atoms with E-state index in [0.29, 0.717) is 18.7 Å². The molecule has 0 bridgehead atoms. The zero-order valence-electron chi connectivity index (χ0n) is 10.7. The molecule has 0 aliphatic rings. The number of carbonyl (C=O) groups is 1. The van der Waals surface area contributed by atoms with Crippen LogP contribution in [0.4, 0.5) is 0 Å². The number of hydrogen-bond acceptors (Lipinski definition) is 4. The molecule has 0 fully saturated rings. The van der Waals surface area contributed by atoms with Gasteiger partial charge in [0, 0.05) is 12.4 Å². The van der Waals surface area contributed by atoms with Crippen LogP contribution in [0.2, 0.25) is 0 Å². The second-order valence-corrected chi connectivity index (χ2v) is 4.23. The summed E-state index contributed by atoms with van der Waals surface area (Å²) in [6.45, 7) is 2.30. The van der Waals surface area contributed by atoms with Crippen molar-refractivity contribution in [2.45, 2.75) is 25.9 Å². The van der Waals surface area contributed by atoms with Gasteiger partial charge in [-0.2, -0.15) is 5.10 Å². The molecule has 6 heteroatoms. The number of carbonyl (C=O) groups excluding carboxylic acids is 1. The van der Waals surface area contributed by atoms with Crippen molar-refractivity contribution < 1.29 is 14.3 Å². The summed E-state index contributed by atoms with van der Waals surface area (Å²) >= 11 is 0. The fraction of sp³-hybridized carbons (Fsp3) is 0.385. The lowest BCUT2D eigenvalue weighted by Crippen LogP contribution is -2.36. The first-order chi connectivity index (χ1) is 9.22. The van der Waals surface area contributed by atoms with Crippen molar-refractivity contribution in [3.8, 4) is 0 Å². The molecule has 2 N–H and O–H groups in total. The quantitative estimate of drug-likeness (QED) is 0.815. The molecule has 19 heavy (non-hydrogen) atoms. The molecule has 102 valence electrons. The molecule has 0 saturated carbocycles. The molecule has 2 rings (SSSR count). The van der Waals surface area contributed by atoms with Gasteiger partial charge in [-0.1, -0.05) is 6.92 Å². The molecule has 2 heterocycles. The molecule has 2 aromatic heterocycles. The van der Waals surface area contributed by atoms with Crippen LogP contribution in [0.25, 0.3) is 0 Å². The molecule has 0 saturated heterocycles. The molecular formula is C13H17N3O3. The normalized spacial score (nSPS) is 12.3. The first kappa shape index (κ1) is 13.4. The summed E-state index contributed by atoms with van der Waals surface area (Å²) in [5.41, 5.74) is 0. The lowest BCUT2D eigenvalue weighted by atomic mass is 10.2. The number of nitrogens with one attached hydrogen (secondary N) is 1. The van der Waals surface area contributed by atoms with E-state index < -0.39 is 0 Å². The van der Waals surface area contributed by atoms with Gasteiger partial charge in [0.05, 0.1) is 19.2 Å². The Morgan fingerprint density at radius 2 is 2.42 bits per heavy atom. The van der Waals surface area contributed by atoms with Gasteiger partial charge in [-0.25, -0.2) is 0 Å². The van der Waals surface area contributed by atoms with Crippen molar-refractivity contribution in [3.05, 3.63) is 42.1 Å². The molecule has 0 aliphatic heterocycles. The summed E-state index contributed by atoms with van der Waals surface area (Å²) in [5, 5.41) is 15.8. The van der Waals surface area contributed by atoms with E-state index in [0.717, 1.165) is 0 Å². The highest BCUT2D eigenvalue weighted by Gasteiger charge is 2.15. The summed E-state index contributed by atoms with van der Waals surface area (Å²) < 4.78 is 7.17. The van der Waals surface area contributed by atoms with E-state index in [4.69, 9.17) is 9.52 Å². The minimum atomic E-state index is -0.312. The van der Waals surface area contributed by atoms with Crippen LogP contribution in [0, 0.1) is 0 Å². The molecule has 0 aromatic carbocycles. The molecule has 0 spiro atoms. The van der Waals surface area contributed by atoms with E-state index in [1.165, 1.54) is 0 Å². The predicted molar refractivity (Wildman–Crippen MR) is 68.7 cm³/mol. The van der Waals surface area contributed by atoms with Crippen molar-refractivity contribution >= 4 is 5.91 Å². The molecule has 1 amide bonds. The van der Waals surface area contributed by atoms with Crippen LogP contribution in [0.5, 0.6) is 0 Å². The number of nitrogens with zero attached hydrogens (tertiary/aromatic N) is 2. The van der Waals surface area contributed by atoms with Crippen molar-refractivity contribution in [2.75, 3.05) is 6.61 Å². The van der Waals surface area contributed by atoms with Crippen molar-refractivity contribution in [3.63, 3.8) is 0 Å². The number of amides is 1. The van der Waals surface area contributed by atoms with Gasteiger partial charge >= 0.3 is 0 Å². The van der Waals surface area contributed by atoms with Crippen LogP contribution >= 0.6 is 0 Å². The Morgan fingerprint density at radius 1 is 1.58 bits per heavy atom. The Hall–Kier alpha value is -2.08. The highest BCUT2D eigenvalue weighted by atomic mass is 16.4. The summed E-state index contributed by atoms with van der Waals surface area (Å²) in [6, 6.07) is 4.95. The molecule has 6 nitrogen and oxygen atoms in total. The Kier molecular flexibility index (Phi) is 4.35. The minimum Gasteiger partial charge on any atom is -0.454 e. The topological polar surface area (TPSA) is 80.3 Å². The van der Waals surface area contributed by atoms with Gasteiger partial charge in [0.25, 0.3) is 5.91 Å². The van der Waals surface area contributed by atoms with Crippen LogP contribution in [-0.2, 0) is 6.54 Å². The standard InChI is InChI=1S/C13H17N3O3/c1-2-10(9-17)15-13(18)12-5-4-11(19-12)8-16-7-3-6-14-16/h3-7,10,17H,2,8-9H2,1H3,(H,15,18)/t10-/m1/s1. The first-order valence-electron chi connectivity index (χ1n) is 6.20. The summed E-state index contributed by atoms with van der Waals surface area (Å²) in [5.74, 6) is 0.590. The van der Waals surface area contributed by atoms with Crippen LogP contribution in [0.15, 0.2) is 35.0 Å². The molecule has 1 atom stereocenters. The fourth-order valence-electron chi connectivity index (χ4n) is 1.67. The molecular weight excluding hydrogens is 246 g/mol. The maximum atomic E-state index is 11.9. The monoisotopic (exact) mass is 263 g/mol. The lowest BCUT2D eigenvalue weighted by Gasteiger charge is -2.12. The minimum absolute atomic E-state index is 0.0803. The highest BCUT2D eigenvalue weighted by Crippen LogP contribution is 2.09. The SMILES string of the molecule is CC[C@H](CO)NC(=O)c1ccc(Cn2cccn2)o1. The summed E-state index contributed by atoms with van der Waals surface area (Å²) in [7, 11) is 0. The Labute approximate surface area is 111 Å². The van der Waals surface area contributed by atoms with E-state index in [9.17, 15) is 4.79 Å². The van der Waals surface area contributed by atoms with Gasteiger partial charge in [-0.05, 0) is 24.6 Å². The summed E-state index contributed by atoms with van der Waals surface area (Å²) in [6.07, 6.45) is 4.17. The number of furan rings is 1.